The molecule has 1 aliphatic rings. The van der Waals surface area contributed by atoms with Crippen LogP contribution in [0.3, 0.4) is 0 Å². The van der Waals surface area contributed by atoms with Crippen molar-refractivity contribution in [2.45, 2.75) is 13.0 Å². The topological polar surface area (TPSA) is 38.2 Å². The quantitative estimate of drug-likeness (QED) is 0.767. The lowest BCUT2D eigenvalue weighted by Gasteiger charge is -2.31. The molecule has 1 unspecified atom stereocenters. The van der Waals surface area contributed by atoms with E-state index in [0.717, 1.165) is 36.0 Å². The van der Waals surface area contributed by atoms with Gasteiger partial charge in [0, 0.05) is 30.0 Å². The number of halogens is 1. The van der Waals surface area contributed by atoms with Crippen LogP contribution in [0.4, 0.5) is 5.13 Å². The Morgan fingerprint density at radius 1 is 1.71 bits per heavy atom. The smallest absolute Gasteiger partial charge is 0.205 e. The van der Waals surface area contributed by atoms with Crippen molar-refractivity contribution < 1.29 is 4.74 Å². The largest absolute Gasteiger partial charge is 0.374 e. The van der Waals surface area contributed by atoms with Crippen LogP contribution in [0.15, 0.2) is 0 Å². The highest BCUT2D eigenvalue weighted by Crippen LogP contribution is 2.20. The molecule has 1 fully saturated rings. The molecule has 1 saturated heterocycles. The molecule has 0 N–H and O–H groups in total. The van der Waals surface area contributed by atoms with Gasteiger partial charge >= 0.3 is 0 Å². The molecule has 0 bridgehead atoms. The molecule has 14 heavy (non-hydrogen) atoms. The number of aryl methyl sites for hydroxylation is 1. The maximum absolute atomic E-state index is 5.55. The summed E-state index contributed by atoms with van der Waals surface area (Å²) in [5.74, 6) is 0.854. The predicted molar refractivity (Wildman–Crippen MR) is 60.4 cm³/mol. The van der Waals surface area contributed by atoms with Gasteiger partial charge in [-0.2, -0.15) is 4.37 Å². The molecule has 1 aliphatic heterocycles. The van der Waals surface area contributed by atoms with E-state index in [1.165, 1.54) is 11.5 Å². The summed E-state index contributed by atoms with van der Waals surface area (Å²) in [5, 5.41) is 1.89. The minimum atomic E-state index is 0.271. The molecule has 2 rings (SSSR count). The number of ether oxygens (including phenoxy) is 1. The van der Waals surface area contributed by atoms with Gasteiger partial charge in [0.15, 0.2) is 0 Å². The third kappa shape index (κ3) is 2.24. The van der Waals surface area contributed by atoms with Crippen LogP contribution in [-0.4, -0.2) is 40.5 Å². The molecule has 0 amide bonds. The van der Waals surface area contributed by atoms with E-state index < -0.39 is 0 Å². The second kappa shape index (κ2) is 4.55. The van der Waals surface area contributed by atoms with Gasteiger partial charge in [-0.3, -0.25) is 0 Å². The highest BCUT2D eigenvalue weighted by atomic mass is 79.9. The first-order valence-electron chi connectivity index (χ1n) is 4.52. The molecule has 0 aliphatic carbocycles. The number of nitrogens with zero attached hydrogens (tertiary/aromatic N) is 3. The van der Waals surface area contributed by atoms with Crippen LogP contribution in [0, 0.1) is 6.92 Å². The van der Waals surface area contributed by atoms with E-state index in [1.807, 2.05) is 6.92 Å². The first kappa shape index (κ1) is 10.3. The average Bonchev–Trinajstić information content (AvgIpc) is 2.65. The van der Waals surface area contributed by atoms with Gasteiger partial charge in [0.1, 0.15) is 5.82 Å². The Balaban J connectivity index is 2.04. The maximum atomic E-state index is 5.55. The van der Waals surface area contributed by atoms with Gasteiger partial charge in [-0.15, -0.1) is 0 Å². The van der Waals surface area contributed by atoms with E-state index in [-0.39, 0.29) is 6.10 Å². The molecule has 1 aromatic rings. The molecule has 1 aromatic heterocycles. The maximum Gasteiger partial charge on any atom is 0.205 e. The molecular formula is C8H12BrN3OS. The lowest BCUT2D eigenvalue weighted by Crippen LogP contribution is -2.43. The Morgan fingerprint density at radius 2 is 2.57 bits per heavy atom. The molecule has 4 nitrogen and oxygen atoms in total. The lowest BCUT2D eigenvalue weighted by atomic mass is 10.3. The summed E-state index contributed by atoms with van der Waals surface area (Å²) in [6, 6.07) is 0. The zero-order chi connectivity index (χ0) is 9.97. The van der Waals surface area contributed by atoms with E-state index in [1.54, 1.807) is 0 Å². The highest BCUT2D eigenvalue weighted by Gasteiger charge is 2.21. The zero-order valence-electron chi connectivity index (χ0n) is 7.94. The molecular weight excluding hydrogens is 266 g/mol. The van der Waals surface area contributed by atoms with Crippen molar-refractivity contribution in [2.75, 3.05) is 29.9 Å². The Morgan fingerprint density at radius 3 is 3.21 bits per heavy atom. The van der Waals surface area contributed by atoms with Gasteiger partial charge in [-0.05, 0) is 6.92 Å². The molecule has 1 atom stereocenters. The Kier molecular flexibility index (Phi) is 3.35. The molecule has 0 spiro atoms. The van der Waals surface area contributed by atoms with Crippen molar-refractivity contribution >= 4 is 32.6 Å². The van der Waals surface area contributed by atoms with Crippen LogP contribution in [0.1, 0.15) is 5.82 Å². The normalized spacial score (nSPS) is 22.7. The summed E-state index contributed by atoms with van der Waals surface area (Å²) in [4.78, 5) is 6.60. The summed E-state index contributed by atoms with van der Waals surface area (Å²) in [6.45, 7) is 4.51. The zero-order valence-corrected chi connectivity index (χ0v) is 10.3. The van der Waals surface area contributed by atoms with E-state index in [4.69, 9.17) is 4.74 Å². The summed E-state index contributed by atoms with van der Waals surface area (Å²) >= 11 is 4.89. The summed E-state index contributed by atoms with van der Waals surface area (Å²) in [6.07, 6.45) is 0.271. The van der Waals surface area contributed by atoms with Crippen molar-refractivity contribution in [1.82, 2.24) is 9.36 Å². The predicted octanol–water partition coefficient (Wildman–Crippen LogP) is 1.45. The van der Waals surface area contributed by atoms with Crippen molar-refractivity contribution in [3.8, 4) is 0 Å². The van der Waals surface area contributed by atoms with Gasteiger partial charge in [0.2, 0.25) is 5.13 Å². The van der Waals surface area contributed by atoms with Gasteiger partial charge in [0.25, 0.3) is 0 Å². The third-order valence-electron chi connectivity index (χ3n) is 2.10. The second-order valence-corrected chi connectivity index (χ2v) is 4.60. The number of rotatable bonds is 2. The van der Waals surface area contributed by atoms with Gasteiger partial charge in [0.05, 0.1) is 12.7 Å². The standard InChI is InChI=1S/C8H12BrN3OS/c1-6-10-8(14-11-6)12-2-3-13-7(4-9)5-12/h7H,2-5H2,1H3. The van der Waals surface area contributed by atoms with Crippen molar-refractivity contribution in [3.63, 3.8) is 0 Å². The number of anilines is 1. The van der Waals surface area contributed by atoms with E-state index in [2.05, 4.69) is 30.2 Å². The number of morpholine rings is 1. The first-order chi connectivity index (χ1) is 6.79. The molecule has 0 aromatic carbocycles. The Hall–Kier alpha value is -0.200. The summed E-state index contributed by atoms with van der Waals surface area (Å²) in [7, 11) is 0. The summed E-state index contributed by atoms with van der Waals surface area (Å²) in [5.41, 5.74) is 0. The summed E-state index contributed by atoms with van der Waals surface area (Å²) < 4.78 is 9.73. The Bertz CT molecular complexity index is 307. The average molecular weight is 278 g/mol. The fourth-order valence-electron chi connectivity index (χ4n) is 1.40. The van der Waals surface area contributed by atoms with E-state index in [0.29, 0.717) is 0 Å². The first-order valence-corrected chi connectivity index (χ1v) is 6.42. The fourth-order valence-corrected chi connectivity index (χ4v) is 2.50. The van der Waals surface area contributed by atoms with Crippen LogP contribution >= 0.6 is 27.5 Å². The van der Waals surface area contributed by atoms with Crippen molar-refractivity contribution in [1.29, 1.82) is 0 Å². The number of alkyl halides is 1. The number of hydrogen-bond acceptors (Lipinski definition) is 5. The van der Waals surface area contributed by atoms with E-state index >= 15 is 0 Å². The van der Waals surface area contributed by atoms with Crippen LogP contribution in [-0.2, 0) is 4.74 Å². The molecule has 2 heterocycles. The van der Waals surface area contributed by atoms with Crippen LogP contribution < -0.4 is 4.90 Å². The Labute approximate surface area is 95.6 Å². The monoisotopic (exact) mass is 277 g/mol. The molecule has 6 heteroatoms. The fraction of sp³-hybridized carbons (Fsp3) is 0.750. The number of aromatic nitrogens is 2. The minimum absolute atomic E-state index is 0.271. The van der Waals surface area contributed by atoms with Crippen LogP contribution in [0.5, 0.6) is 0 Å². The second-order valence-electron chi connectivity index (χ2n) is 3.22. The molecule has 0 radical (unpaired) electrons. The lowest BCUT2D eigenvalue weighted by molar-refractivity contribution is 0.0571. The number of hydrogen-bond donors (Lipinski definition) is 0. The minimum Gasteiger partial charge on any atom is -0.374 e. The molecule has 0 saturated carbocycles. The van der Waals surface area contributed by atoms with Gasteiger partial charge in [-0.25, -0.2) is 4.98 Å². The van der Waals surface area contributed by atoms with Crippen molar-refractivity contribution in [2.24, 2.45) is 0 Å². The third-order valence-corrected chi connectivity index (χ3v) is 3.69. The van der Waals surface area contributed by atoms with Crippen molar-refractivity contribution in [3.05, 3.63) is 5.82 Å². The SMILES string of the molecule is Cc1nsc(N2CCOC(CBr)C2)n1. The van der Waals surface area contributed by atoms with Gasteiger partial charge < -0.3 is 9.64 Å². The van der Waals surface area contributed by atoms with Crippen LogP contribution in [0.2, 0.25) is 0 Å². The van der Waals surface area contributed by atoms with Gasteiger partial charge in [-0.1, -0.05) is 15.9 Å². The van der Waals surface area contributed by atoms with E-state index in [9.17, 15) is 0 Å². The highest BCUT2D eigenvalue weighted by molar-refractivity contribution is 9.09. The van der Waals surface area contributed by atoms with Crippen LogP contribution in [0.25, 0.3) is 0 Å². The molecule has 78 valence electrons.